The molecule has 1 rings (SSSR count). The van der Waals surface area contributed by atoms with E-state index in [0.717, 1.165) is 0 Å². The average Bonchev–Trinajstić information content (AvgIpc) is 1.83. The van der Waals surface area contributed by atoms with E-state index in [1.807, 2.05) is 22.6 Å². The van der Waals surface area contributed by atoms with Crippen LogP contribution in [0.15, 0.2) is 23.1 Å². The molecule has 1 aromatic rings. The van der Waals surface area contributed by atoms with Crippen LogP contribution in [0.3, 0.4) is 0 Å². The SMILES string of the molecule is Cl.F.F.F.F.Fc1cccc([S])c1I. The van der Waals surface area contributed by atoms with E-state index in [1.54, 1.807) is 12.1 Å². The summed E-state index contributed by atoms with van der Waals surface area (Å²) in [6.07, 6.45) is 0. The van der Waals surface area contributed by atoms with Crippen LogP contribution >= 0.6 is 47.6 Å². The van der Waals surface area contributed by atoms with Crippen molar-refractivity contribution in [3.8, 4) is 0 Å². The topological polar surface area (TPSA) is 0 Å². The molecule has 0 aromatic heterocycles. The van der Waals surface area contributed by atoms with Crippen LogP contribution in [0.5, 0.6) is 0 Å². The third-order valence-electron chi connectivity index (χ3n) is 0.916. The molecule has 0 heterocycles. The minimum atomic E-state index is -0.233. The zero-order valence-corrected chi connectivity index (χ0v) is 10.2. The maximum absolute atomic E-state index is 12.5. The lowest BCUT2D eigenvalue weighted by Crippen LogP contribution is -1.80. The van der Waals surface area contributed by atoms with Crippen LogP contribution in [0.1, 0.15) is 0 Å². The maximum atomic E-state index is 12.5. The van der Waals surface area contributed by atoms with Gasteiger partial charge in [0.1, 0.15) is 5.82 Å². The first-order valence-corrected chi connectivity index (χ1v) is 3.81. The first-order valence-electron chi connectivity index (χ1n) is 2.33. The molecule has 1 aromatic carbocycles. The molecule has 8 heteroatoms. The number of hydrogen-bond acceptors (Lipinski definition) is 0. The standard InChI is InChI=1S/C6H3FIS.ClH.4FH/c7-4-2-1-3-5(9)6(4)8;;;;;/h1-3H;5*1H. The van der Waals surface area contributed by atoms with Crippen molar-refractivity contribution >= 4 is 47.6 Å². The van der Waals surface area contributed by atoms with Crippen molar-refractivity contribution in [2.75, 3.05) is 0 Å². The molecule has 0 aliphatic carbocycles. The molecule has 0 aliphatic rings. The molecular formula is C6H8ClF5IS. The van der Waals surface area contributed by atoms with Crippen LogP contribution < -0.4 is 0 Å². The highest BCUT2D eigenvalue weighted by atomic mass is 127. The Balaban J connectivity index is -0.0000000540. The summed E-state index contributed by atoms with van der Waals surface area (Å²) in [4.78, 5) is 0.579. The quantitative estimate of drug-likeness (QED) is 0.479. The summed E-state index contributed by atoms with van der Waals surface area (Å²) in [5.74, 6) is -0.233. The molecule has 0 atom stereocenters. The van der Waals surface area contributed by atoms with Crippen molar-refractivity contribution < 1.29 is 23.2 Å². The van der Waals surface area contributed by atoms with E-state index in [9.17, 15) is 4.39 Å². The Hall–Kier alpha value is 0.110. The molecule has 0 saturated carbocycles. The van der Waals surface area contributed by atoms with Gasteiger partial charge in [0.25, 0.3) is 0 Å². The summed E-state index contributed by atoms with van der Waals surface area (Å²) < 4.78 is 13.0. The molecule has 14 heavy (non-hydrogen) atoms. The fourth-order valence-electron chi connectivity index (χ4n) is 0.484. The molecule has 87 valence electrons. The minimum Gasteiger partial charge on any atom is -0.269 e. The predicted molar refractivity (Wildman–Crippen MR) is 62.2 cm³/mol. The second-order valence-corrected chi connectivity index (χ2v) is 3.07. The van der Waals surface area contributed by atoms with Gasteiger partial charge >= 0.3 is 0 Å². The third kappa shape index (κ3) is 7.51. The van der Waals surface area contributed by atoms with Crippen molar-refractivity contribution in [1.82, 2.24) is 0 Å². The highest BCUT2D eigenvalue weighted by molar-refractivity contribution is 14.1. The van der Waals surface area contributed by atoms with Gasteiger partial charge in [-0.15, -0.1) is 12.4 Å². The first-order chi connectivity index (χ1) is 4.22. The number of rotatable bonds is 0. The van der Waals surface area contributed by atoms with E-state index >= 15 is 0 Å². The lowest BCUT2D eigenvalue weighted by molar-refractivity contribution is 0.616. The van der Waals surface area contributed by atoms with Crippen molar-refractivity contribution in [1.29, 1.82) is 0 Å². The highest BCUT2D eigenvalue weighted by Gasteiger charge is 1.99. The Bertz CT molecular complexity index is 217. The van der Waals surface area contributed by atoms with E-state index in [4.69, 9.17) is 12.6 Å². The Labute approximate surface area is 103 Å². The smallest absolute Gasteiger partial charge is 0.137 e. The van der Waals surface area contributed by atoms with Gasteiger partial charge in [-0.3, -0.25) is 18.8 Å². The second kappa shape index (κ2) is 13.1. The lowest BCUT2D eigenvalue weighted by Gasteiger charge is -1.93. The molecule has 0 spiro atoms. The summed E-state index contributed by atoms with van der Waals surface area (Å²) in [6.45, 7) is 0. The van der Waals surface area contributed by atoms with E-state index in [1.165, 1.54) is 6.07 Å². The monoisotopic (exact) mass is 369 g/mol. The van der Waals surface area contributed by atoms with E-state index in [0.29, 0.717) is 8.47 Å². The molecule has 0 saturated heterocycles. The van der Waals surface area contributed by atoms with E-state index in [-0.39, 0.29) is 37.0 Å². The fraction of sp³-hybridized carbons (Fsp3) is 0. The first kappa shape index (κ1) is 29.2. The van der Waals surface area contributed by atoms with Gasteiger partial charge in [0.05, 0.1) is 8.47 Å². The summed E-state index contributed by atoms with van der Waals surface area (Å²) in [5.41, 5.74) is 0. The van der Waals surface area contributed by atoms with E-state index < -0.39 is 0 Å². The molecule has 0 N–H and O–H groups in total. The summed E-state index contributed by atoms with van der Waals surface area (Å²) in [5, 5.41) is 0. The van der Waals surface area contributed by atoms with Crippen LogP contribution in [0.4, 0.5) is 23.2 Å². The van der Waals surface area contributed by atoms with Crippen LogP contribution in [0, 0.1) is 9.39 Å². The Kier molecular flexibility index (Phi) is 27.4. The Morgan fingerprint density at radius 3 is 1.79 bits per heavy atom. The van der Waals surface area contributed by atoms with Crippen LogP contribution in [0.2, 0.25) is 0 Å². The van der Waals surface area contributed by atoms with Gasteiger partial charge in [-0.25, -0.2) is 4.39 Å². The number of halogens is 7. The normalized spacial score (nSPS) is 6.14. The summed E-state index contributed by atoms with van der Waals surface area (Å²) in [6, 6.07) is 4.72. The van der Waals surface area contributed by atoms with Crippen molar-refractivity contribution in [3.63, 3.8) is 0 Å². The zero-order chi connectivity index (χ0) is 6.85. The van der Waals surface area contributed by atoms with Crippen LogP contribution in [0.25, 0.3) is 0 Å². The molecule has 0 aliphatic heterocycles. The summed E-state index contributed by atoms with van der Waals surface area (Å²) in [7, 11) is 0. The minimum absolute atomic E-state index is 0. The van der Waals surface area contributed by atoms with Gasteiger partial charge < -0.3 is 0 Å². The fourth-order valence-corrected chi connectivity index (χ4v) is 1.02. The zero-order valence-electron chi connectivity index (χ0n) is 6.44. The van der Waals surface area contributed by atoms with Crippen LogP contribution in [-0.4, -0.2) is 0 Å². The van der Waals surface area contributed by atoms with Gasteiger partial charge in [-0.1, -0.05) is 18.7 Å². The Morgan fingerprint density at radius 2 is 1.50 bits per heavy atom. The highest BCUT2D eigenvalue weighted by Crippen LogP contribution is 2.18. The predicted octanol–water partition coefficient (Wildman–Crippen LogP) is 4.02. The number of hydrogen-bond donors (Lipinski definition) is 0. The summed E-state index contributed by atoms with van der Waals surface area (Å²) >= 11 is 6.68. The molecule has 1 radical (unpaired) electrons. The molecule has 0 fully saturated rings. The lowest BCUT2D eigenvalue weighted by atomic mass is 10.3. The van der Waals surface area contributed by atoms with Gasteiger partial charge in [0, 0.05) is 0 Å². The Morgan fingerprint density at radius 1 is 1.07 bits per heavy atom. The molecule has 0 nitrogen and oxygen atoms in total. The maximum Gasteiger partial charge on any atom is 0.137 e. The van der Waals surface area contributed by atoms with Crippen molar-refractivity contribution in [2.45, 2.75) is 4.90 Å². The molecule has 0 amide bonds. The molecule has 0 bridgehead atoms. The third-order valence-corrected chi connectivity index (χ3v) is 2.72. The van der Waals surface area contributed by atoms with Crippen molar-refractivity contribution in [2.24, 2.45) is 0 Å². The van der Waals surface area contributed by atoms with Gasteiger partial charge in [0.15, 0.2) is 0 Å². The molecule has 0 unspecified atom stereocenters. The average molecular weight is 370 g/mol. The largest absolute Gasteiger partial charge is 0.269 e. The van der Waals surface area contributed by atoms with Gasteiger partial charge in [-0.05, 0) is 34.7 Å². The second-order valence-electron chi connectivity index (χ2n) is 1.55. The van der Waals surface area contributed by atoms with E-state index in [2.05, 4.69) is 0 Å². The van der Waals surface area contributed by atoms with Crippen LogP contribution in [-0.2, 0) is 0 Å². The van der Waals surface area contributed by atoms with Gasteiger partial charge in [-0.2, -0.15) is 0 Å². The van der Waals surface area contributed by atoms with Crippen molar-refractivity contribution in [3.05, 3.63) is 27.6 Å². The van der Waals surface area contributed by atoms with Gasteiger partial charge in [0.2, 0.25) is 0 Å². The number of benzene rings is 1. The molecular weight excluding hydrogens is 361 g/mol.